The van der Waals surface area contributed by atoms with Crippen LogP contribution in [-0.4, -0.2) is 93.1 Å². The minimum absolute atomic E-state index is 0.0201. The van der Waals surface area contributed by atoms with Crippen LogP contribution in [0.25, 0.3) is 11.0 Å². The van der Waals surface area contributed by atoms with Crippen LogP contribution in [0.1, 0.15) is 31.9 Å². The summed E-state index contributed by atoms with van der Waals surface area (Å²) in [6, 6.07) is 1.65. The molecule has 3 saturated heterocycles. The van der Waals surface area contributed by atoms with Crippen molar-refractivity contribution in [2.24, 2.45) is 0 Å². The summed E-state index contributed by atoms with van der Waals surface area (Å²) in [5.74, 6) is 0.299. The highest BCUT2D eigenvalue weighted by Gasteiger charge is 2.45. The third-order valence-corrected chi connectivity index (χ3v) is 9.27. The van der Waals surface area contributed by atoms with Gasteiger partial charge in [0.1, 0.15) is 23.8 Å². The highest BCUT2D eigenvalue weighted by molar-refractivity contribution is 8.00. The van der Waals surface area contributed by atoms with Crippen molar-refractivity contribution in [3.8, 4) is 0 Å². The predicted octanol–water partition coefficient (Wildman–Crippen LogP) is -1.26. The Hall–Kier alpha value is -2.70. The summed E-state index contributed by atoms with van der Waals surface area (Å²) >= 11 is 1.77. The number of aliphatic hydroxyl groups excluding tert-OH is 2. The van der Waals surface area contributed by atoms with E-state index in [1.54, 1.807) is 17.8 Å². The molecule has 3 amide bonds. The van der Waals surface area contributed by atoms with Crippen LogP contribution in [0.2, 0.25) is 0 Å². The Morgan fingerprint density at radius 3 is 2.92 bits per heavy atom. The van der Waals surface area contributed by atoms with Crippen LogP contribution in [0, 0.1) is 0 Å². The van der Waals surface area contributed by atoms with Crippen LogP contribution < -0.4 is 21.1 Å². The molecule has 2 unspecified atom stereocenters. The molecule has 0 aromatic carbocycles. The van der Waals surface area contributed by atoms with Gasteiger partial charge in [-0.3, -0.25) is 8.98 Å². The molecule has 208 valence electrons. The van der Waals surface area contributed by atoms with Gasteiger partial charge in [-0.2, -0.15) is 20.2 Å². The maximum atomic E-state index is 12.3. The number of rotatable bonds is 10. The van der Waals surface area contributed by atoms with Gasteiger partial charge in [-0.15, -0.1) is 0 Å². The van der Waals surface area contributed by atoms with E-state index in [1.807, 2.05) is 4.72 Å². The van der Waals surface area contributed by atoms with Crippen molar-refractivity contribution in [2.45, 2.75) is 67.6 Å². The second kappa shape index (κ2) is 10.8. The number of nitrogens with one attached hydrogen (secondary N) is 3. The number of nitrogen functional groups attached to an aromatic ring is 1. The molecule has 0 aliphatic carbocycles. The van der Waals surface area contributed by atoms with E-state index in [4.69, 9.17) is 14.7 Å². The number of carbonyl (C=O) groups is 2. The molecule has 7 N–H and O–H groups in total. The number of aliphatic hydroxyl groups is 2. The molecule has 0 saturated carbocycles. The number of nitrogens with zero attached hydrogens (tertiary/aromatic N) is 3. The van der Waals surface area contributed by atoms with Gasteiger partial charge in [-0.25, -0.2) is 19.5 Å². The number of aromatic nitrogens is 3. The molecule has 7 atom stereocenters. The highest BCUT2D eigenvalue weighted by Crippen LogP contribution is 2.34. The lowest BCUT2D eigenvalue weighted by Gasteiger charge is -2.17. The van der Waals surface area contributed by atoms with Crippen LogP contribution in [0.3, 0.4) is 0 Å². The number of amides is 3. The maximum absolute atomic E-state index is 12.3. The Labute approximate surface area is 222 Å². The number of unbranched alkanes of at least 4 members (excludes halogenated alkanes) is 1. The first-order valence-corrected chi connectivity index (χ1v) is 14.6. The molecule has 0 radical (unpaired) electrons. The van der Waals surface area contributed by atoms with Gasteiger partial charge in [0.25, 0.3) is 0 Å². The molecule has 5 rings (SSSR count). The number of anilines is 1. The molecule has 2 aromatic heterocycles. The number of ether oxygens (including phenoxy) is 1. The standard InChI is InChI=1S/C21H29N7O8S2/c22-19-16-11(5-6-23-19)28(9-24-16)20-18(31)17(30)12(36-20)7-35-38(33,34)27-14(29)4-2-1-3-13-15-10(8-37-13)25-21(32)26-15/h5-6,9-10,12-13,15,17-18,20,30-31H,1-4,7-8H2,(H2,22,23)(H,27,29)(H2,25,26,32)/t10?,12-,13+,15?,17-,18-,20-/m1/s1. The first-order chi connectivity index (χ1) is 18.1. The zero-order chi connectivity index (χ0) is 27.0. The van der Waals surface area contributed by atoms with Crippen LogP contribution >= 0.6 is 11.8 Å². The van der Waals surface area contributed by atoms with E-state index in [0.717, 1.165) is 12.2 Å². The van der Waals surface area contributed by atoms with Gasteiger partial charge in [0.15, 0.2) is 12.0 Å². The topological polar surface area (TPSA) is 220 Å². The van der Waals surface area contributed by atoms with E-state index in [1.165, 1.54) is 17.1 Å². The van der Waals surface area contributed by atoms with Gasteiger partial charge in [-0.05, 0) is 18.9 Å². The van der Waals surface area contributed by atoms with E-state index in [-0.39, 0.29) is 35.6 Å². The lowest BCUT2D eigenvalue weighted by Crippen LogP contribution is -2.38. The Balaban J connectivity index is 1.07. The molecular weight excluding hydrogens is 542 g/mol. The van der Waals surface area contributed by atoms with Crippen molar-refractivity contribution in [2.75, 3.05) is 18.1 Å². The number of urea groups is 1. The van der Waals surface area contributed by atoms with E-state index >= 15 is 0 Å². The number of carbonyl (C=O) groups excluding carboxylic acids is 2. The lowest BCUT2D eigenvalue weighted by molar-refractivity contribution is -0.119. The summed E-state index contributed by atoms with van der Waals surface area (Å²) in [7, 11) is -4.47. The van der Waals surface area contributed by atoms with Gasteiger partial charge in [0.05, 0.1) is 30.5 Å². The van der Waals surface area contributed by atoms with Crippen LogP contribution in [0.5, 0.6) is 0 Å². The third-order valence-electron chi connectivity index (χ3n) is 6.84. The van der Waals surface area contributed by atoms with Crippen molar-refractivity contribution >= 4 is 50.9 Å². The van der Waals surface area contributed by atoms with Crippen molar-refractivity contribution in [1.29, 1.82) is 0 Å². The molecular formula is C21H29N7O8S2. The summed E-state index contributed by atoms with van der Waals surface area (Å²) in [6.45, 7) is -0.630. The van der Waals surface area contributed by atoms with Gasteiger partial charge >= 0.3 is 16.3 Å². The molecule has 3 aliphatic rings. The quantitative estimate of drug-likeness (QED) is 0.145. The number of thioether (sulfide) groups is 1. The van der Waals surface area contributed by atoms with E-state index in [9.17, 15) is 28.2 Å². The minimum atomic E-state index is -4.47. The number of imidazole rings is 1. The minimum Gasteiger partial charge on any atom is -0.387 e. The second-order valence-electron chi connectivity index (χ2n) is 9.39. The zero-order valence-electron chi connectivity index (χ0n) is 20.1. The summed E-state index contributed by atoms with van der Waals surface area (Å²) in [5.41, 5.74) is 6.70. The normalized spacial score (nSPS) is 30.8. The fourth-order valence-electron chi connectivity index (χ4n) is 4.93. The SMILES string of the molecule is Nc1nccc2c1ncn2[C@@H]1O[C@H](COS(=O)(=O)NC(=O)CCCC[C@@H]2SCC3NC(=O)NC32)[C@@H](O)[C@H]1O. The van der Waals surface area contributed by atoms with Gasteiger partial charge in [-0.1, -0.05) is 6.42 Å². The van der Waals surface area contributed by atoms with Gasteiger partial charge < -0.3 is 35.9 Å². The zero-order valence-corrected chi connectivity index (χ0v) is 21.7. The predicted molar refractivity (Wildman–Crippen MR) is 135 cm³/mol. The average Bonchev–Trinajstić information content (AvgIpc) is 3.61. The summed E-state index contributed by atoms with van der Waals surface area (Å²) in [4.78, 5) is 31.7. The maximum Gasteiger partial charge on any atom is 0.362 e. The Bertz CT molecular complexity index is 1310. The molecule has 2 aromatic rings. The average molecular weight is 572 g/mol. The third kappa shape index (κ3) is 5.52. The smallest absolute Gasteiger partial charge is 0.362 e. The number of hydrogen-bond donors (Lipinski definition) is 6. The molecule has 38 heavy (non-hydrogen) atoms. The van der Waals surface area contributed by atoms with Crippen LogP contribution in [-0.2, 0) is 24.0 Å². The Kier molecular flexibility index (Phi) is 7.65. The molecule has 17 heteroatoms. The van der Waals surface area contributed by atoms with Crippen molar-refractivity contribution in [3.05, 3.63) is 18.6 Å². The number of pyridine rings is 1. The molecule has 15 nitrogen and oxygen atoms in total. The fourth-order valence-corrected chi connectivity index (χ4v) is 7.23. The Morgan fingerprint density at radius 2 is 2.11 bits per heavy atom. The molecule has 0 bridgehead atoms. The summed E-state index contributed by atoms with van der Waals surface area (Å²) in [6.07, 6.45) is -0.391. The molecule has 0 spiro atoms. The number of nitrogens with two attached hydrogens (primary N) is 1. The van der Waals surface area contributed by atoms with E-state index < -0.39 is 47.4 Å². The number of hydrogen-bond acceptors (Lipinski definition) is 12. The van der Waals surface area contributed by atoms with E-state index in [2.05, 4.69) is 20.6 Å². The van der Waals surface area contributed by atoms with Gasteiger partial charge in [0.2, 0.25) is 5.91 Å². The number of fused-ring (bicyclic) bond motifs is 2. The molecule has 5 heterocycles. The largest absolute Gasteiger partial charge is 0.387 e. The van der Waals surface area contributed by atoms with Crippen LogP contribution in [0.15, 0.2) is 18.6 Å². The molecule has 3 aliphatic heterocycles. The summed E-state index contributed by atoms with van der Waals surface area (Å²) in [5, 5.41) is 26.9. The first kappa shape index (κ1) is 26.9. The van der Waals surface area contributed by atoms with Crippen molar-refractivity contribution in [3.63, 3.8) is 0 Å². The van der Waals surface area contributed by atoms with Crippen molar-refractivity contribution < 1.29 is 37.1 Å². The summed E-state index contributed by atoms with van der Waals surface area (Å²) < 4.78 is 38.4. The Morgan fingerprint density at radius 1 is 1.29 bits per heavy atom. The lowest BCUT2D eigenvalue weighted by atomic mass is 10.0. The van der Waals surface area contributed by atoms with Crippen LogP contribution in [0.4, 0.5) is 10.6 Å². The fraction of sp³-hybridized carbons (Fsp3) is 0.619. The van der Waals surface area contributed by atoms with Crippen molar-refractivity contribution in [1.82, 2.24) is 29.9 Å². The molecule has 3 fully saturated rings. The highest BCUT2D eigenvalue weighted by atomic mass is 32.2. The first-order valence-electron chi connectivity index (χ1n) is 12.1. The monoisotopic (exact) mass is 571 g/mol. The second-order valence-corrected chi connectivity index (χ2v) is 12.0. The van der Waals surface area contributed by atoms with Gasteiger partial charge in [0, 0.05) is 23.6 Å². The van der Waals surface area contributed by atoms with E-state index in [0.29, 0.717) is 23.9 Å².